The lowest BCUT2D eigenvalue weighted by Crippen LogP contribution is -2.57. The number of carbonyl (C=O) groups excluding carboxylic acids is 1. The first-order chi connectivity index (χ1) is 13.1. The number of fused-ring (bicyclic) bond motifs is 2. The molecule has 2 bridgehead atoms. The second-order valence-electron chi connectivity index (χ2n) is 7.22. The van der Waals surface area contributed by atoms with Crippen LogP contribution in [0.3, 0.4) is 0 Å². The third kappa shape index (κ3) is 4.90. The SMILES string of the molecule is CCOC(=O)N1CC2CCC(C1)N2CC(N)CCOc1ccc(C#N)cc1. The van der Waals surface area contributed by atoms with E-state index in [1.54, 1.807) is 24.3 Å². The first-order valence-electron chi connectivity index (χ1n) is 9.66. The van der Waals surface area contributed by atoms with Gasteiger partial charge in [-0.25, -0.2) is 4.79 Å². The molecule has 2 saturated heterocycles. The van der Waals surface area contributed by atoms with E-state index >= 15 is 0 Å². The van der Waals surface area contributed by atoms with Crippen LogP contribution >= 0.6 is 0 Å². The molecule has 0 aliphatic carbocycles. The second-order valence-corrected chi connectivity index (χ2v) is 7.22. The summed E-state index contributed by atoms with van der Waals surface area (Å²) in [5.41, 5.74) is 6.96. The van der Waals surface area contributed by atoms with E-state index in [0.717, 1.165) is 44.6 Å². The summed E-state index contributed by atoms with van der Waals surface area (Å²) in [4.78, 5) is 16.3. The average molecular weight is 372 g/mol. The molecule has 2 heterocycles. The van der Waals surface area contributed by atoms with E-state index < -0.39 is 0 Å². The van der Waals surface area contributed by atoms with Gasteiger partial charge >= 0.3 is 6.09 Å². The first-order valence-corrected chi connectivity index (χ1v) is 9.66. The summed E-state index contributed by atoms with van der Waals surface area (Å²) in [5.74, 6) is 0.754. The van der Waals surface area contributed by atoms with Gasteiger partial charge in [-0.2, -0.15) is 5.26 Å². The van der Waals surface area contributed by atoms with Crippen molar-refractivity contribution in [3.63, 3.8) is 0 Å². The third-order valence-electron chi connectivity index (χ3n) is 5.35. The van der Waals surface area contributed by atoms with Crippen molar-refractivity contribution < 1.29 is 14.3 Å². The molecule has 0 radical (unpaired) electrons. The zero-order chi connectivity index (χ0) is 19.2. The molecule has 27 heavy (non-hydrogen) atoms. The maximum atomic E-state index is 12.0. The van der Waals surface area contributed by atoms with Crippen LogP contribution in [0.1, 0.15) is 31.7 Å². The fourth-order valence-corrected chi connectivity index (χ4v) is 3.97. The van der Waals surface area contributed by atoms with Gasteiger partial charge in [0.25, 0.3) is 0 Å². The summed E-state index contributed by atoms with van der Waals surface area (Å²) >= 11 is 0. The number of hydrogen-bond acceptors (Lipinski definition) is 6. The normalized spacial score (nSPS) is 22.9. The zero-order valence-corrected chi connectivity index (χ0v) is 15.8. The lowest BCUT2D eigenvalue weighted by molar-refractivity contribution is 0.0441. The van der Waals surface area contributed by atoms with Crippen LogP contribution in [0.2, 0.25) is 0 Å². The topological polar surface area (TPSA) is 91.8 Å². The van der Waals surface area contributed by atoms with E-state index in [1.165, 1.54) is 0 Å². The largest absolute Gasteiger partial charge is 0.494 e. The molecule has 2 aliphatic rings. The number of ether oxygens (including phenoxy) is 2. The predicted octanol–water partition coefficient (Wildman–Crippen LogP) is 1.96. The molecule has 0 spiro atoms. The van der Waals surface area contributed by atoms with Gasteiger partial charge in [0.15, 0.2) is 0 Å². The number of carbonyl (C=O) groups is 1. The fourth-order valence-electron chi connectivity index (χ4n) is 3.97. The van der Waals surface area contributed by atoms with Crippen molar-refractivity contribution in [3.8, 4) is 11.8 Å². The number of nitrogens with zero attached hydrogens (tertiary/aromatic N) is 3. The molecule has 7 heteroatoms. The number of amides is 1. The Labute approximate surface area is 160 Å². The molecule has 1 aromatic rings. The standard InChI is InChI=1S/C20H28N4O3/c1-2-26-20(25)23-13-17-5-6-18(14-23)24(17)12-16(22)9-10-27-19-7-3-15(11-21)4-8-19/h3-4,7-8,16-18H,2,5-6,9-10,12-14,22H2,1H3. The number of piperazine rings is 1. The Hall–Kier alpha value is -2.30. The molecule has 3 unspecified atom stereocenters. The van der Waals surface area contributed by atoms with Crippen molar-refractivity contribution >= 4 is 6.09 Å². The second kappa shape index (κ2) is 9.07. The highest BCUT2D eigenvalue weighted by atomic mass is 16.6. The number of benzene rings is 1. The quantitative estimate of drug-likeness (QED) is 0.787. The molecule has 3 rings (SSSR count). The number of nitriles is 1. The van der Waals surface area contributed by atoms with Gasteiger partial charge in [-0.15, -0.1) is 0 Å². The summed E-state index contributed by atoms with van der Waals surface area (Å²) < 4.78 is 10.9. The maximum absolute atomic E-state index is 12.0. The highest BCUT2D eigenvalue weighted by Gasteiger charge is 2.41. The zero-order valence-electron chi connectivity index (χ0n) is 15.8. The Balaban J connectivity index is 1.42. The summed E-state index contributed by atoms with van der Waals surface area (Å²) in [7, 11) is 0. The molecule has 2 fully saturated rings. The molecule has 1 aromatic carbocycles. The molecule has 0 aromatic heterocycles. The average Bonchev–Trinajstić information content (AvgIpc) is 2.90. The maximum Gasteiger partial charge on any atom is 0.409 e. The molecule has 2 aliphatic heterocycles. The Morgan fingerprint density at radius 3 is 2.56 bits per heavy atom. The van der Waals surface area contributed by atoms with Gasteiger partial charge in [0.1, 0.15) is 5.75 Å². The van der Waals surface area contributed by atoms with Crippen molar-refractivity contribution in [2.45, 2.75) is 44.3 Å². The predicted molar refractivity (Wildman–Crippen MR) is 101 cm³/mol. The molecule has 146 valence electrons. The summed E-state index contributed by atoms with van der Waals surface area (Å²) in [6.45, 7) is 5.07. The lowest BCUT2D eigenvalue weighted by atomic mass is 10.1. The highest BCUT2D eigenvalue weighted by molar-refractivity contribution is 5.68. The van der Waals surface area contributed by atoms with Crippen molar-refractivity contribution in [1.29, 1.82) is 5.26 Å². The van der Waals surface area contributed by atoms with E-state index in [2.05, 4.69) is 11.0 Å². The van der Waals surface area contributed by atoms with Crippen molar-refractivity contribution in [3.05, 3.63) is 29.8 Å². The van der Waals surface area contributed by atoms with Gasteiger partial charge in [0, 0.05) is 37.8 Å². The Morgan fingerprint density at radius 2 is 1.96 bits per heavy atom. The summed E-state index contributed by atoms with van der Waals surface area (Å²) in [6, 6.07) is 9.97. The summed E-state index contributed by atoms with van der Waals surface area (Å²) in [5, 5.41) is 8.81. The minimum absolute atomic E-state index is 0.0284. The molecule has 0 saturated carbocycles. The molecule has 3 atom stereocenters. The Kier molecular flexibility index (Phi) is 6.54. The van der Waals surface area contributed by atoms with Gasteiger partial charge in [0.2, 0.25) is 0 Å². The van der Waals surface area contributed by atoms with Crippen LogP contribution in [0.15, 0.2) is 24.3 Å². The van der Waals surface area contributed by atoms with Crippen molar-refractivity contribution in [2.75, 3.05) is 32.8 Å². The first kappa shape index (κ1) is 19.5. The molecule has 2 N–H and O–H groups in total. The number of nitrogens with two attached hydrogens (primary N) is 1. The van der Waals surface area contributed by atoms with E-state index in [1.807, 2.05) is 11.8 Å². The smallest absolute Gasteiger partial charge is 0.409 e. The van der Waals surface area contributed by atoms with Crippen LogP contribution in [-0.4, -0.2) is 66.9 Å². The number of rotatable bonds is 7. The van der Waals surface area contributed by atoms with Crippen molar-refractivity contribution in [2.24, 2.45) is 5.73 Å². The highest BCUT2D eigenvalue weighted by Crippen LogP contribution is 2.30. The fraction of sp³-hybridized carbons (Fsp3) is 0.600. The van der Waals surface area contributed by atoms with Gasteiger partial charge < -0.3 is 20.1 Å². The van der Waals surface area contributed by atoms with Crippen LogP contribution in [-0.2, 0) is 4.74 Å². The van der Waals surface area contributed by atoms with Gasteiger partial charge in [-0.1, -0.05) is 0 Å². The molecular weight excluding hydrogens is 344 g/mol. The molecular formula is C20H28N4O3. The number of hydrogen-bond donors (Lipinski definition) is 1. The third-order valence-corrected chi connectivity index (χ3v) is 5.35. The Bertz CT molecular complexity index is 659. The van der Waals surface area contributed by atoms with Gasteiger partial charge in [0.05, 0.1) is 24.8 Å². The molecule has 7 nitrogen and oxygen atoms in total. The van der Waals surface area contributed by atoms with Crippen LogP contribution in [0.5, 0.6) is 5.75 Å². The van der Waals surface area contributed by atoms with E-state index in [0.29, 0.717) is 30.9 Å². The lowest BCUT2D eigenvalue weighted by Gasteiger charge is -2.41. The monoisotopic (exact) mass is 372 g/mol. The van der Waals surface area contributed by atoms with Crippen LogP contribution in [0.25, 0.3) is 0 Å². The molecule has 1 amide bonds. The van der Waals surface area contributed by atoms with Crippen molar-refractivity contribution in [1.82, 2.24) is 9.80 Å². The Morgan fingerprint density at radius 1 is 1.30 bits per heavy atom. The van der Waals surface area contributed by atoms with Crippen LogP contribution in [0, 0.1) is 11.3 Å². The van der Waals surface area contributed by atoms with E-state index in [9.17, 15) is 4.79 Å². The number of likely N-dealkylation sites (tertiary alicyclic amines) is 1. The van der Waals surface area contributed by atoms with E-state index in [4.69, 9.17) is 20.5 Å². The minimum Gasteiger partial charge on any atom is -0.494 e. The van der Waals surface area contributed by atoms with Crippen LogP contribution < -0.4 is 10.5 Å². The summed E-state index contributed by atoms with van der Waals surface area (Å²) in [6.07, 6.45) is 2.77. The van der Waals surface area contributed by atoms with Gasteiger partial charge in [-0.05, 0) is 50.5 Å². The van der Waals surface area contributed by atoms with Crippen LogP contribution in [0.4, 0.5) is 4.79 Å². The van der Waals surface area contributed by atoms with Gasteiger partial charge in [-0.3, -0.25) is 4.90 Å². The minimum atomic E-state index is -0.200. The van der Waals surface area contributed by atoms with E-state index in [-0.39, 0.29) is 12.1 Å².